The third-order valence-corrected chi connectivity index (χ3v) is 2.79. The van der Waals surface area contributed by atoms with Crippen molar-refractivity contribution in [2.75, 3.05) is 12.8 Å². The van der Waals surface area contributed by atoms with E-state index in [1.807, 2.05) is 44.2 Å². The van der Waals surface area contributed by atoms with Gasteiger partial charge in [-0.05, 0) is 31.5 Å². The molecule has 0 fully saturated rings. The highest BCUT2D eigenvalue weighted by atomic mass is 16.5. The van der Waals surface area contributed by atoms with E-state index in [-0.39, 0.29) is 0 Å². The smallest absolute Gasteiger partial charge is 0.126 e. The molecule has 0 aliphatic carbocycles. The molecule has 3 heteroatoms. The number of para-hydroxylation sites is 1. The number of aryl methyl sites for hydroxylation is 2. The molecule has 1 heterocycles. The Kier molecular flexibility index (Phi) is 3.00. The van der Waals surface area contributed by atoms with Crippen LogP contribution in [0.3, 0.4) is 0 Å². The monoisotopic (exact) mass is 228 g/mol. The van der Waals surface area contributed by atoms with Gasteiger partial charge >= 0.3 is 0 Å². The number of benzene rings is 1. The van der Waals surface area contributed by atoms with Crippen molar-refractivity contribution in [3.05, 3.63) is 41.6 Å². The number of hydrogen-bond donors (Lipinski definition) is 1. The number of methoxy groups -OCH3 is 1. The fourth-order valence-corrected chi connectivity index (χ4v) is 2.12. The van der Waals surface area contributed by atoms with Gasteiger partial charge in [-0.2, -0.15) is 0 Å². The minimum atomic E-state index is 0.554. The second-order valence-corrected chi connectivity index (χ2v) is 4.02. The van der Waals surface area contributed by atoms with Gasteiger partial charge in [-0.25, -0.2) is 4.98 Å². The van der Waals surface area contributed by atoms with E-state index in [1.54, 1.807) is 7.11 Å². The van der Waals surface area contributed by atoms with E-state index in [4.69, 9.17) is 10.5 Å². The van der Waals surface area contributed by atoms with Crippen molar-refractivity contribution in [2.45, 2.75) is 13.8 Å². The van der Waals surface area contributed by atoms with E-state index < -0.39 is 0 Å². The lowest BCUT2D eigenvalue weighted by Gasteiger charge is -2.13. The zero-order valence-corrected chi connectivity index (χ0v) is 10.3. The van der Waals surface area contributed by atoms with Crippen LogP contribution in [-0.4, -0.2) is 12.1 Å². The van der Waals surface area contributed by atoms with Crippen molar-refractivity contribution in [1.29, 1.82) is 0 Å². The minimum Gasteiger partial charge on any atom is -0.496 e. The zero-order chi connectivity index (χ0) is 12.4. The van der Waals surface area contributed by atoms with E-state index in [9.17, 15) is 0 Å². The summed E-state index contributed by atoms with van der Waals surface area (Å²) in [6.07, 6.45) is 0. The maximum absolute atomic E-state index is 5.73. The average molecular weight is 228 g/mol. The third kappa shape index (κ3) is 2.09. The molecule has 0 saturated heterocycles. The molecule has 1 aromatic carbocycles. The summed E-state index contributed by atoms with van der Waals surface area (Å²) < 4.78 is 5.38. The van der Waals surface area contributed by atoms with Gasteiger partial charge in [-0.1, -0.05) is 18.2 Å². The van der Waals surface area contributed by atoms with Crippen molar-refractivity contribution in [1.82, 2.24) is 4.98 Å². The van der Waals surface area contributed by atoms with Crippen molar-refractivity contribution >= 4 is 5.82 Å². The number of nitrogens with zero attached hydrogens (tertiary/aromatic N) is 1. The van der Waals surface area contributed by atoms with Crippen molar-refractivity contribution < 1.29 is 4.74 Å². The number of nitrogens with two attached hydrogens (primary N) is 1. The van der Waals surface area contributed by atoms with Crippen LogP contribution in [0.5, 0.6) is 5.75 Å². The highest BCUT2D eigenvalue weighted by Crippen LogP contribution is 2.34. The van der Waals surface area contributed by atoms with E-state index in [0.717, 1.165) is 28.1 Å². The second-order valence-electron chi connectivity index (χ2n) is 4.02. The van der Waals surface area contributed by atoms with Crippen LogP contribution < -0.4 is 10.5 Å². The lowest BCUT2D eigenvalue weighted by molar-refractivity contribution is 0.416. The molecule has 0 aliphatic rings. The van der Waals surface area contributed by atoms with E-state index in [1.165, 1.54) is 0 Å². The van der Waals surface area contributed by atoms with Crippen LogP contribution in [0, 0.1) is 13.8 Å². The summed E-state index contributed by atoms with van der Waals surface area (Å²) in [7, 11) is 1.67. The van der Waals surface area contributed by atoms with Crippen LogP contribution in [-0.2, 0) is 0 Å². The van der Waals surface area contributed by atoms with E-state index in [2.05, 4.69) is 4.98 Å². The van der Waals surface area contributed by atoms with E-state index in [0.29, 0.717) is 5.82 Å². The predicted molar refractivity (Wildman–Crippen MR) is 70.1 cm³/mol. The Bertz CT molecular complexity index is 527. The SMILES string of the molecule is COc1ccccc1-c1c(C)cc(N)nc1C. The summed E-state index contributed by atoms with van der Waals surface area (Å²) in [6, 6.07) is 9.82. The van der Waals surface area contributed by atoms with Gasteiger partial charge in [0.15, 0.2) is 0 Å². The summed E-state index contributed by atoms with van der Waals surface area (Å²) in [5, 5.41) is 0. The first-order valence-corrected chi connectivity index (χ1v) is 5.50. The molecule has 0 spiro atoms. The molecule has 2 rings (SSSR count). The maximum Gasteiger partial charge on any atom is 0.126 e. The number of aromatic nitrogens is 1. The van der Waals surface area contributed by atoms with Crippen LogP contribution in [0.4, 0.5) is 5.82 Å². The standard InChI is InChI=1S/C14H16N2O/c1-9-8-13(15)16-10(2)14(9)11-6-4-5-7-12(11)17-3/h4-8H,1-3H3,(H2,15,16). The normalized spacial score (nSPS) is 10.3. The van der Waals surface area contributed by atoms with Gasteiger partial charge in [-0.15, -0.1) is 0 Å². The molecule has 17 heavy (non-hydrogen) atoms. The highest BCUT2D eigenvalue weighted by molar-refractivity contribution is 5.75. The zero-order valence-electron chi connectivity index (χ0n) is 10.3. The summed E-state index contributed by atoms with van der Waals surface area (Å²) in [5.74, 6) is 1.41. The summed E-state index contributed by atoms with van der Waals surface area (Å²) in [4.78, 5) is 4.31. The van der Waals surface area contributed by atoms with Gasteiger partial charge in [0, 0.05) is 16.8 Å². The molecule has 0 saturated carbocycles. The molecular weight excluding hydrogens is 212 g/mol. The summed E-state index contributed by atoms with van der Waals surface area (Å²) in [6.45, 7) is 4.00. The largest absolute Gasteiger partial charge is 0.496 e. The van der Waals surface area contributed by atoms with Gasteiger partial charge in [0.1, 0.15) is 11.6 Å². The van der Waals surface area contributed by atoms with Crippen LogP contribution in [0.2, 0.25) is 0 Å². The molecule has 0 amide bonds. The van der Waals surface area contributed by atoms with Gasteiger partial charge < -0.3 is 10.5 Å². The molecular formula is C14H16N2O. The number of nitrogen functional groups attached to an aromatic ring is 1. The van der Waals surface area contributed by atoms with Gasteiger partial charge in [0.2, 0.25) is 0 Å². The van der Waals surface area contributed by atoms with Gasteiger partial charge in [0.25, 0.3) is 0 Å². The van der Waals surface area contributed by atoms with Crippen LogP contribution in [0.25, 0.3) is 11.1 Å². The second kappa shape index (κ2) is 4.45. The quantitative estimate of drug-likeness (QED) is 0.859. The molecule has 1 aromatic heterocycles. The van der Waals surface area contributed by atoms with E-state index >= 15 is 0 Å². The first-order valence-electron chi connectivity index (χ1n) is 5.50. The van der Waals surface area contributed by atoms with Gasteiger partial charge in [-0.3, -0.25) is 0 Å². The predicted octanol–water partition coefficient (Wildman–Crippen LogP) is 2.96. The fraction of sp³-hybridized carbons (Fsp3) is 0.214. The summed E-state index contributed by atoms with van der Waals surface area (Å²) >= 11 is 0. The lowest BCUT2D eigenvalue weighted by atomic mass is 9.98. The fourth-order valence-electron chi connectivity index (χ4n) is 2.12. The van der Waals surface area contributed by atoms with Crippen molar-refractivity contribution in [2.24, 2.45) is 0 Å². The molecule has 0 unspecified atom stereocenters. The number of hydrogen-bond acceptors (Lipinski definition) is 3. The topological polar surface area (TPSA) is 48.1 Å². The molecule has 2 aromatic rings. The first kappa shape index (κ1) is 11.5. The Balaban J connectivity index is 2.68. The Morgan fingerprint density at radius 1 is 1.18 bits per heavy atom. The summed E-state index contributed by atoms with van der Waals surface area (Å²) in [5.41, 5.74) is 9.92. The molecule has 88 valence electrons. The first-order chi connectivity index (χ1) is 8.13. The Morgan fingerprint density at radius 3 is 2.53 bits per heavy atom. The van der Waals surface area contributed by atoms with Crippen molar-refractivity contribution in [3.8, 4) is 16.9 Å². The molecule has 3 nitrogen and oxygen atoms in total. The lowest BCUT2D eigenvalue weighted by Crippen LogP contribution is -1.98. The molecule has 0 aliphatic heterocycles. The molecule has 0 radical (unpaired) electrons. The Morgan fingerprint density at radius 2 is 1.88 bits per heavy atom. The van der Waals surface area contributed by atoms with Crippen LogP contribution >= 0.6 is 0 Å². The van der Waals surface area contributed by atoms with Crippen LogP contribution in [0.1, 0.15) is 11.3 Å². The number of pyridine rings is 1. The highest BCUT2D eigenvalue weighted by Gasteiger charge is 2.11. The minimum absolute atomic E-state index is 0.554. The maximum atomic E-state index is 5.73. The molecule has 0 bridgehead atoms. The van der Waals surface area contributed by atoms with Crippen molar-refractivity contribution in [3.63, 3.8) is 0 Å². The number of ether oxygens (including phenoxy) is 1. The third-order valence-electron chi connectivity index (χ3n) is 2.79. The number of rotatable bonds is 2. The molecule has 2 N–H and O–H groups in total. The molecule has 0 atom stereocenters. The number of anilines is 1. The average Bonchev–Trinajstić information content (AvgIpc) is 2.28. The Labute approximate surface area is 101 Å². The van der Waals surface area contributed by atoms with Crippen LogP contribution in [0.15, 0.2) is 30.3 Å². The van der Waals surface area contributed by atoms with Gasteiger partial charge in [0.05, 0.1) is 7.11 Å². The Hall–Kier alpha value is -2.03.